The molecule has 9 nitrogen and oxygen atoms in total. The summed E-state index contributed by atoms with van der Waals surface area (Å²) < 4.78 is 11.3. The number of aliphatic hydroxyl groups excluding tert-OH is 5. The molecule has 1 heterocycles. The third-order valence-corrected chi connectivity index (χ3v) is 16.7. The lowest BCUT2D eigenvalue weighted by Gasteiger charge is -2.40. The van der Waals surface area contributed by atoms with Gasteiger partial charge in [-0.15, -0.1) is 0 Å². The zero-order valence-electron chi connectivity index (χ0n) is 57.1. The second-order valence-electron chi connectivity index (χ2n) is 25.0. The standard InChI is InChI=1S/C80H137NO8/c1-3-5-7-9-11-13-15-17-19-21-23-25-27-29-31-32-33-34-35-36-37-38-39-40-41-42-44-46-48-50-52-54-56-58-60-62-64-66-68-70-76(84)81-73(72-88-80-79(87)78(86)77(85)75(71-82)89-80)74(83)69-67-65-63-61-59-57-55-53-51-49-47-45-43-30-28-26-24-22-20-18-16-14-12-10-8-6-4-2/h5,7,11,13,17,19,23,25,29,31,33-34,36-37,39-40,42,44,59,61,67,69,73-75,77-80,82-83,85-87H,3-4,6,8-10,12,14-16,18,20-22,24,26-28,30,32,35,38,41,43,45-58,60,62-66,68,70-72H2,1-2H3,(H,81,84)/b7-5-,13-11-,19-17-,25-23-,31-29-,34-33-,37-36-,40-39-,44-42-,61-59+,69-67+. The van der Waals surface area contributed by atoms with E-state index in [-0.39, 0.29) is 12.5 Å². The molecule has 0 aromatic heterocycles. The number of carbonyl (C=O) groups is 1. The molecule has 89 heavy (non-hydrogen) atoms. The van der Waals surface area contributed by atoms with Crippen molar-refractivity contribution < 1.29 is 39.8 Å². The van der Waals surface area contributed by atoms with Gasteiger partial charge in [-0.2, -0.15) is 0 Å². The highest BCUT2D eigenvalue weighted by Gasteiger charge is 2.44. The molecule has 1 amide bonds. The van der Waals surface area contributed by atoms with Crippen molar-refractivity contribution >= 4 is 5.91 Å². The first-order valence-electron chi connectivity index (χ1n) is 36.9. The quantitative estimate of drug-likeness (QED) is 0.0261. The Labute approximate surface area is 547 Å². The predicted octanol–water partition coefficient (Wildman–Crippen LogP) is 20.8. The smallest absolute Gasteiger partial charge is 0.220 e. The van der Waals surface area contributed by atoms with Crippen LogP contribution in [-0.2, 0) is 14.3 Å². The van der Waals surface area contributed by atoms with Crippen LogP contribution in [0.3, 0.4) is 0 Å². The van der Waals surface area contributed by atoms with Gasteiger partial charge < -0.3 is 40.3 Å². The number of unbranched alkanes of at least 4 members (excludes halogenated alkanes) is 33. The number of nitrogens with one attached hydrogen (secondary N) is 1. The summed E-state index contributed by atoms with van der Waals surface area (Å²) in [4.78, 5) is 13.1. The molecule has 6 N–H and O–H groups in total. The van der Waals surface area contributed by atoms with Crippen LogP contribution in [0, 0.1) is 0 Å². The van der Waals surface area contributed by atoms with E-state index in [2.05, 4.69) is 141 Å². The van der Waals surface area contributed by atoms with Crippen molar-refractivity contribution in [3.05, 3.63) is 134 Å². The van der Waals surface area contributed by atoms with Crippen molar-refractivity contribution in [2.45, 2.75) is 352 Å². The van der Waals surface area contributed by atoms with Gasteiger partial charge in [0.05, 0.1) is 25.4 Å². The number of amides is 1. The maximum Gasteiger partial charge on any atom is 0.220 e. The first-order valence-corrected chi connectivity index (χ1v) is 36.9. The normalized spacial score (nSPS) is 18.7. The Morgan fingerprint density at radius 3 is 1.08 bits per heavy atom. The molecule has 1 fully saturated rings. The summed E-state index contributed by atoms with van der Waals surface area (Å²) in [5, 5.41) is 54.8. The molecule has 0 radical (unpaired) electrons. The van der Waals surface area contributed by atoms with Gasteiger partial charge in [0.2, 0.25) is 5.91 Å². The van der Waals surface area contributed by atoms with E-state index < -0.39 is 49.5 Å². The molecule has 1 rings (SSSR count). The second-order valence-corrected chi connectivity index (χ2v) is 25.0. The van der Waals surface area contributed by atoms with E-state index in [1.54, 1.807) is 6.08 Å². The number of ether oxygens (including phenoxy) is 2. The Kier molecular flexibility index (Phi) is 63.0. The first-order chi connectivity index (χ1) is 43.8. The van der Waals surface area contributed by atoms with Crippen LogP contribution in [0.4, 0.5) is 0 Å². The minimum absolute atomic E-state index is 0.192. The summed E-state index contributed by atoms with van der Waals surface area (Å²) >= 11 is 0. The van der Waals surface area contributed by atoms with Gasteiger partial charge in [0.15, 0.2) is 6.29 Å². The summed E-state index contributed by atoms with van der Waals surface area (Å²) in [6.45, 7) is 3.67. The Balaban J connectivity index is 2.15. The Morgan fingerprint density at radius 1 is 0.393 bits per heavy atom. The monoisotopic (exact) mass is 1240 g/mol. The minimum Gasteiger partial charge on any atom is -0.394 e. The number of hydrogen-bond acceptors (Lipinski definition) is 8. The molecule has 1 saturated heterocycles. The van der Waals surface area contributed by atoms with Crippen LogP contribution in [0.1, 0.15) is 309 Å². The Hall–Kier alpha value is -3.67. The van der Waals surface area contributed by atoms with Crippen LogP contribution in [-0.4, -0.2) is 87.5 Å². The molecule has 0 aromatic rings. The van der Waals surface area contributed by atoms with E-state index in [0.29, 0.717) is 6.42 Å². The number of hydrogen-bond donors (Lipinski definition) is 6. The van der Waals surface area contributed by atoms with Crippen molar-refractivity contribution in [2.75, 3.05) is 13.2 Å². The molecular formula is C80H137NO8. The number of allylic oxidation sites excluding steroid dienone is 21. The van der Waals surface area contributed by atoms with E-state index in [4.69, 9.17) is 9.47 Å². The van der Waals surface area contributed by atoms with Gasteiger partial charge in [0.25, 0.3) is 0 Å². The van der Waals surface area contributed by atoms with Crippen molar-refractivity contribution in [3.8, 4) is 0 Å². The van der Waals surface area contributed by atoms with Gasteiger partial charge >= 0.3 is 0 Å². The van der Waals surface area contributed by atoms with Gasteiger partial charge in [-0.1, -0.05) is 334 Å². The van der Waals surface area contributed by atoms with Crippen LogP contribution in [0.2, 0.25) is 0 Å². The first kappa shape index (κ1) is 83.3. The molecule has 0 bridgehead atoms. The Morgan fingerprint density at radius 2 is 0.708 bits per heavy atom. The molecule has 510 valence electrons. The van der Waals surface area contributed by atoms with Crippen LogP contribution < -0.4 is 5.32 Å². The lowest BCUT2D eigenvalue weighted by Crippen LogP contribution is -2.60. The van der Waals surface area contributed by atoms with Crippen molar-refractivity contribution in [3.63, 3.8) is 0 Å². The summed E-state index contributed by atoms with van der Waals surface area (Å²) in [6.07, 6.45) is 95.6. The number of aliphatic hydroxyl groups is 5. The van der Waals surface area contributed by atoms with Crippen LogP contribution in [0.5, 0.6) is 0 Å². The second kappa shape index (κ2) is 67.2. The molecule has 9 heteroatoms. The molecule has 1 aliphatic rings. The zero-order chi connectivity index (χ0) is 64.2. The molecule has 7 atom stereocenters. The molecule has 0 saturated carbocycles. The minimum atomic E-state index is -1.58. The topological polar surface area (TPSA) is 149 Å². The molecule has 7 unspecified atom stereocenters. The van der Waals surface area contributed by atoms with Crippen LogP contribution in [0.25, 0.3) is 0 Å². The fourth-order valence-electron chi connectivity index (χ4n) is 11.0. The maximum atomic E-state index is 13.1. The van der Waals surface area contributed by atoms with Gasteiger partial charge in [0, 0.05) is 6.42 Å². The maximum absolute atomic E-state index is 13.1. The van der Waals surface area contributed by atoms with Gasteiger partial charge in [-0.25, -0.2) is 0 Å². The SMILES string of the molecule is CC/C=C\C/C=C\C/C=C\C/C=C\C/C=C\C/C=C\C/C=C\C/C=C\C/C=C\CCCCCCCCCCCCCC(=O)NC(COC1OC(CO)C(O)C(O)C1O)C(O)/C=C/CC/C=C/CCCCCCCCCCCCCCCCCCCCCCC. The van der Waals surface area contributed by atoms with Gasteiger partial charge in [0.1, 0.15) is 24.4 Å². The van der Waals surface area contributed by atoms with Crippen molar-refractivity contribution in [1.29, 1.82) is 0 Å². The molecule has 0 spiro atoms. The van der Waals surface area contributed by atoms with E-state index >= 15 is 0 Å². The number of carbonyl (C=O) groups excluding carboxylic acids is 1. The molecule has 1 aliphatic heterocycles. The molecule has 0 aliphatic carbocycles. The highest BCUT2D eigenvalue weighted by atomic mass is 16.7. The van der Waals surface area contributed by atoms with Crippen molar-refractivity contribution in [1.82, 2.24) is 5.32 Å². The highest BCUT2D eigenvalue weighted by Crippen LogP contribution is 2.23. The van der Waals surface area contributed by atoms with E-state index in [0.717, 1.165) is 109 Å². The summed E-state index contributed by atoms with van der Waals surface area (Å²) in [7, 11) is 0. The fourth-order valence-corrected chi connectivity index (χ4v) is 11.0. The lowest BCUT2D eigenvalue weighted by molar-refractivity contribution is -0.302. The Bertz CT molecular complexity index is 1870. The predicted molar refractivity (Wildman–Crippen MR) is 382 cm³/mol. The van der Waals surface area contributed by atoms with Gasteiger partial charge in [-0.05, 0) is 103 Å². The third-order valence-electron chi connectivity index (χ3n) is 16.7. The summed E-state index contributed by atoms with van der Waals surface area (Å²) in [6, 6.07) is -0.834. The molecule has 0 aromatic carbocycles. The van der Waals surface area contributed by atoms with Crippen LogP contribution in [0.15, 0.2) is 134 Å². The van der Waals surface area contributed by atoms with Crippen LogP contribution >= 0.6 is 0 Å². The van der Waals surface area contributed by atoms with Gasteiger partial charge in [-0.3, -0.25) is 4.79 Å². The fraction of sp³-hybridized carbons (Fsp3) is 0.713. The molecular weight excluding hydrogens is 1100 g/mol. The average Bonchev–Trinajstić information content (AvgIpc) is 2.42. The van der Waals surface area contributed by atoms with E-state index in [1.165, 1.54) is 180 Å². The largest absolute Gasteiger partial charge is 0.394 e. The highest BCUT2D eigenvalue weighted by molar-refractivity contribution is 5.76. The lowest BCUT2D eigenvalue weighted by atomic mass is 9.99. The van der Waals surface area contributed by atoms with E-state index in [1.807, 2.05) is 6.08 Å². The summed E-state index contributed by atoms with van der Waals surface area (Å²) in [5.74, 6) is -0.192. The zero-order valence-corrected chi connectivity index (χ0v) is 57.1. The third kappa shape index (κ3) is 55.7. The van der Waals surface area contributed by atoms with Crippen molar-refractivity contribution in [2.24, 2.45) is 0 Å². The average molecular weight is 1240 g/mol. The van der Waals surface area contributed by atoms with E-state index in [9.17, 15) is 30.3 Å². The summed E-state index contributed by atoms with van der Waals surface area (Å²) in [5.41, 5.74) is 0. The number of rotatable bonds is 63.